The van der Waals surface area contributed by atoms with E-state index in [1.54, 1.807) is 0 Å². The van der Waals surface area contributed by atoms with Crippen LogP contribution in [0.1, 0.15) is 33.1 Å². The number of hydrogen-bond donors (Lipinski definition) is 1. The van der Waals surface area contributed by atoms with Gasteiger partial charge in [0.1, 0.15) is 0 Å². The Morgan fingerprint density at radius 2 is 1.81 bits per heavy atom. The number of nitrogens with zero attached hydrogens (tertiary/aromatic N) is 1. The van der Waals surface area contributed by atoms with Crippen LogP contribution >= 0.6 is 0 Å². The Morgan fingerprint density at radius 1 is 1.19 bits per heavy atom. The first-order valence-electron chi connectivity index (χ1n) is 7.11. The molecule has 21 heavy (non-hydrogen) atoms. The van der Waals surface area contributed by atoms with Gasteiger partial charge in [-0.3, -0.25) is 10.1 Å². The number of non-ortho nitro benzene ring substituents is 1. The fourth-order valence-electron chi connectivity index (χ4n) is 2.08. The molecule has 0 saturated carbocycles. The highest BCUT2D eigenvalue weighted by Crippen LogP contribution is 2.18. The van der Waals surface area contributed by atoms with Crippen LogP contribution in [0.4, 0.5) is 5.69 Å². The summed E-state index contributed by atoms with van der Waals surface area (Å²) in [5.41, 5.74) is -0.108. The molecule has 1 aromatic carbocycles. The minimum Gasteiger partial charge on any atom is -0.313 e. The van der Waals surface area contributed by atoms with Crippen molar-refractivity contribution in [1.29, 1.82) is 0 Å². The van der Waals surface area contributed by atoms with Crippen molar-refractivity contribution < 1.29 is 13.3 Å². The highest BCUT2D eigenvalue weighted by atomic mass is 32.2. The largest absolute Gasteiger partial charge is 0.313 e. The predicted octanol–water partition coefficient (Wildman–Crippen LogP) is 2.54. The minimum absolute atomic E-state index is 0.0126. The molecule has 0 aliphatic carbocycles. The molecule has 1 atom stereocenters. The summed E-state index contributed by atoms with van der Waals surface area (Å²) in [6, 6.07) is 4.96. The zero-order chi connectivity index (χ0) is 15.9. The number of benzene rings is 1. The molecule has 0 radical (unpaired) electrons. The van der Waals surface area contributed by atoms with E-state index in [1.807, 2.05) is 13.8 Å². The normalized spacial score (nSPS) is 13.0. The first kappa shape index (κ1) is 17.6. The Hall–Kier alpha value is -1.47. The summed E-state index contributed by atoms with van der Waals surface area (Å²) in [5, 5.41) is 13.8. The second kappa shape index (κ2) is 8.09. The zero-order valence-electron chi connectivity index (χ0n) is 12.4. The van der Waals surface area contributed by atoms with Crippen molar-refractivity contribution in [1.82, 2.24) is 5.32 Å². The van der Waals surface area contributed by atoms with Crippen LogP contribution in [-0.4, -0.2) is 31.7 Å². The molecular formula is C14H22N2O4S. The highest BCUT2D eigenvalue weighted by Gasteiger charge is 2.21. The SMILES string of the molecule is CCCNC(CCC)CS(=O)(=O)c1ccc([N+](=O)[O-])cc1. The topological polar surface area (TPSA) is 89.3 Å². The van der Waals surface area contributed by atoms with Crippen LogP contribution in [0.2, 0.25) is 0 Å². The second-order valence-corrected chi connectivity index (χ2v) is 7.01. The maximum atomic E-state index is 12.4. The van der Waals surface area contributed by atoms with Gasteiger partial charge in [-0.05, 0) is 31.5 Å². The van der Waals surface area contributed by atoms with Crippen molar-refractivity contribution in [3.05, 3.63) is 34.4 Å². The van der Waals surface area contributed by atoms with Crippen molar-refractivity contribution >= 4 is 15.5 Å². The molecule has 0 spiro atoms. The summed E-state index contributed by atoms with van der Waals surface area (Å²) in [5.74, 6) is 0.0126. The first-order chi connectivity index (χ1) is 9.90. The maximum absolute atomic E-state index is 12.4. The van der Waals surface area contributed by atoms with E-state index < -0.39 is 14.8 Å². The van der Waals surface area contributed by atoms with Gasteiger partial charge < -0.3 is 5.32 Å². The van der Waals surface area contributed by atoms with Crippen LogP contribution in [0.15, 0.2) is 29.2 Å². The standard InChI is InChI=1S/C14H22N2O4S/c1-3-5-12(15-10-4-2)11-21(19,20)14-8-6-13(7-9-14)16(17)18/h6-9,12,15H,3-5,10-11H2,1-2H3. The third-order valence-electron chi connectivity index (χ3n) is 3.15. The highest BCUT2D eigenvalue weighted by molar-refractivity contribution is 7.91. The average molecular weight is 314 g/mol. The predicted molar refractivity (Wildman–Crippen MR) is 82.1 cm³/mol. The molecule has 1 rings (SSSR count). The average Bonchev–Trinajstić information content (AvgIpc) is 2.45. The minimum atomic E-state index is -3.44. The molecule has 0 saturated heterocycles. The lowest BCUT2D eigenvalue weighted by Crippen LogP contribution is -2.36. The van der Waals surface area contributed by atoms with E-state index in [0.29, 0.717) is 0 Å². The fraction of sp³-hybridized carbons (Fsp3) is 0.571. The van der Waals surface area contributed by atoms with Crippen molar-refractivity contribution in [2.45, 2.75) is 44.0 Å². The molecular weight excluding hydrogens is 292 g/mol. The van der Waals surface area contributed by atoms with Gasteiger partial charge in [-0.25, -0.2) is 8.42 Å². The summed E-state index contributed by atoms with van der Waals surface area (Å²) in [7, 11) is -3.44. The van der Waals surface area contributed by atoms with Gasteiger partial charge in [0, 0.05) is 18.2 Å². The van der Waals surface area contributed by atoms with Crippen LogP contribution < -0.4 is 5.32 Å². The number of rotatable bonds is 9. The van der Waals surface area contributed by atoms with Crippen molar-refractivity contribution in [3.8, 4) is 0 Å². The van der Waals surface area contributed by atoms with Crippen LogP contribution in [0.3, 0.4) is 0 Å². The lowest BCUT2D eigenvalue weighted by molar-refractivity contribution is -0.384. The van der Waals surface area contributed by atoms with Gasteiger partial charge in [-0.15, -0.1) is 0 Å². The summed E-state index contributed by atoms with van der Waals surface area (Å²) in [6.07, 6.45) is 2.63. The molecule has 6 nitrogen and oxygen atoms in total. The molecule has 0 heterocycles. The van der Waals surface area contributed by atoms with Crippen molar-refractivity contribution in [2.24, 2.45) is 0 Å². The first-order valence-corrected chi connectivity index (χ1v) is 8.76. The lowest BCUT2D eigenvalue weighted by atomic mass is 10.2. The van der Waals surface area contributed by atoms with Crippen molar-refractivity contribution in [2.75, 3.05) is 12.3 Å². The molecule has 1 N–H and O–H groups in total. The van der Waals surface area contributed by atoms with E-state index >= 15 is 0 Å². The Labute approximate surface area is 125 Å². The Morgan fingerprint density at radius 3 is 2.29 bits per heavy atom. The molecule has 1 unspecified atom stereocenters. The summed E-state index contributed by atoms with van der Waals surface area (Å²) in [6.45, 7) is 4.82. The monoisotopic (exact) mass is 314 g/mol. The van der Waals surface area contributed by atoms with Gasteiger partial charge in [0.15, 0.2) is 9.84 Å². The van der Waals surface area contributed by atoms with Crippen molar-refractivity contribution in [3.63, 3.8) is 0 Å². The van der Waals surface area contributed by atoms with Gasteiger partial charge >= 0.3 is 0 Å². The number of hydrogen-bond acceptors (Lipinski definition) is 5. The Bertz CT molecular complexity index is 555. The number of nitro groups is 1. The maximum Gasteiger partial charge on any atom is 0.269 e. The number of sulfone groups is 1. The zero-order valence-corrected chi connectivity index (χ0v) is 13.2. The van der Waals surface area contributed by atoms with Gasteiger partial charge in [0.2, 0.25) is 0 Å². The van der Waals surface area contributed by atoms with E-state index in [-0.39, 0.29) is 22.4 Å². The Kier molecular flexibility index (Phi) is 6.77. The van der Waals surface area contributed by atoms with E-state index in [9.17, 15) is 18.5 Å². The molecule has 0 bridgehead atoms. The molecule has 0 aliphatic rings. The van der Waals surface area contributed by atoms with Gasteiger partial charge in [0.05, 0.1) is 15.6 Å². The third-order valence-corrected chi connectivity index (χ3v) is 4.98. The number of nitrogens with one attached hydrogen (secondary N) is 1. The summed E-state index contributed by atoms with van der Waals surface area (Å²) >= 11 is 0. The molecule has 0 aromatic heterocycles. The third kappa shape index (κ3) is 5.43. The summed E-state index contributed by atoms with van der Waals surface area (Å²) < 4.78 is 24.7. The Balaban J connectivity index is 2.85. The van der Waals surface area contributed by atoms with E-state index in [4.69, 9.17) is 0 Å². The smallest absolute Gasteiger partial charge is 0.269 e. The molecule has 7 heteroatoms. The second-order valence-electron chi connectivity index (χ2n) is 4.97. The molecule has 118 valence electrons. The summed E-state index contributed by atoms with van der Waals surface area (Å²) in [4.78, 5) is 10.2. The van der Waals surface area contributed by atoms with Gasteiger partial charge in [-0.1, -0.05) is 20.3 Å². The lowest BCUT2D eigenvalue weighted by Gasteiger charge is -2.17. The van der Waals surface area contributed by atoms with E-state index in [2.05, 4.69) is 5.32 Å². The van der Waals surface area contributed by atoms with E-state index in [0.717, 1.165) is 25.8 Å². The molecule has 0 amide bonds. The quantitative estimate of drug-likeness (QED) is 0.559. The fourth-order valence-corrected chi connectivity index (χ4v) is 3.63. The van der Waals surface area contributed by atoms with Crippen LogP contribution in [0.25, 0.3) is 0 Å². The molecule has 0 aliphatic heterocycles. The van der Waals surface area contributed by atoms with Gasteiger partial charge in [-0.2, -0.15) is 0 Å². The van der Waals surface area contributed by atoms with E-state index in [1.165, 1.54) is 24.3 Å². The molecule has 0 fully saturated rings. The number of nitro benzene ring substituents is 1. The van der Waals surface area contributed by atoms with Crippen LogP contribution in [0, 0.1) is 10.1 Å². The van der Waals surface area contributed by atoms with Crippen LogP contribution in [0.5, 0.6) is 0 Å². The van der Waals surface area contributed by atoms with Gasteiger partial charge in [0.25, 0.3) is 5.69 Å². The molecule has 1 aromatic rings. The van der Waals surface area contributed by atoms with Crippen LogP contribution in [-0.2, 0) is 9.84 Å².